The second-order valence-corrected chi connectivity index (χ2v) is 3.51. The van der Waals surface area contributed by atoms with Gasteiger partial charge in [0.25, 0.3) is 0 Å². The third kappa shape index (κ3) is 2.78. The van der Waals surface area contributed by atoms with Crippen LogP contribution in [0.2, 0.25) is 0 Å². The van der Waals surface area contributed by atoms with E-state index < -0.39 is 0 Å². The number of hydrogen-bond acceptors (Lipinski definition) is 2. The Labute approximate surface area is 74.2 Å². The Bertz CT molecular complexity index is 186. The molecule has 0 N–H and O–H groups in total. The maximum absolute atomic E-state index is 10.7. The van der Waals surface area contributed by atoms with Crippen molar-refractivity contribution in [3.05, 3.63) is 12.2 Å². The highest BCUT2D eigenvalue weighted by molar-refractivity contribution is 5.87. The Morgan fingerprint density at radius 1 is 1.50 bits per heavy atom. The van der Waals surface area contributed by atoms with Crippen LogP contribution in [-0.4, -0.2) is 30.3 Å². The summed E-state index contributed by atoms with van der Waals surface area (Å²) in [5.74, 6) is 0.147. The summed E-state index contributed by atoms with van der Waals surface area (Å²) in [4.78, 5) is 13.0. The van der Waals surface area contributed by atoms with Gasteiger partial charge in [0.2, 0.25) is 0 Å². The molecule has 1 atom stereocenters. The summed E-state index contributed by atoms with van der Waals surface area (Å²) in [7, 11) is 2.12. The summed E-state index contributed by atoms with van der Waals surface area (Å²) in [6.07, 6.45) is 7.49. The van der Waals surface area contributed by atoms with Crippen LogP contribution in [0.5, 0.6) is 0 Å². The highest BCUT2D eigenvalue weighted by Gasteiger charge is 2.15. The van der Waals surface area contributed by atoms with Gasteiger partial charge in [-0.2, -0.15) is 0 Å². The molecular weight excluding hydrogens is 150 g/mol. The van der Waals surface area contributed by atoms with E-state index in [1.165, 1.54) is 19.3 Å². The molecule has 1 aliphatic heterocycles. The summed E-state index contributed by atoms with van der Waals surface area (Å²) in [5.41, 5.74) is 0. The first-order valence-corrected chi connectivity index (χ1v) is 4.59. The number of rotatable bonds is 2. The lowest BCUT2D eigenvalue weighted by molar-refractivity contribution is -0.112. The quantitative estimate of drug-likeness (QED) is 0.582. The third-order valence-electron chi connectivity index (χ3n) is 2.38. The Morgan fingerprint density at radius 2 is 2.25 bits per heavy atom. The summed E-state index contributed by atoms with van der Waals surface area (Å²) in [6.45, 7) is 2.76. The number of likely N-dealkylation sites (tertiary alicyclic amines) is 1. The van der Waals surface area contributed by atoms with Crippen LogP contribution in [0.3, 0.4) is 0 Å². The molecule has 0 aliphatic carbocycles. The van der Waals surface area contributed by atoms with Gasteiger partial charge >= 0.3 is 0 Å². The molecule has 0 aromatic heterocycles. The molecule has 1 fully saturated rings. The number of carbonyl (C=O) groups excluding carboxylic acids is 1. The van der Waals surface area contributed by atoms with E-state index in [0.29, 0.717) is 6.04 Å². The monoisotopic (exact) mass is 167 g/mol. The van der Waals surface area contributed by atoms with Gasteiger partial charge < -0.3 is 0 Å². The van der Waals surface area contributed by atoms with Gasteiger partial charge in [-0.05, 0) is 39.4 Å². The highest BCUT2D eigenvalue weighted by atomic mass is 16.1. The number of piperidine rings is 1. The van der Waals surface area contributed by atoms with Gasteiger partial charge in [-0.1, -0.05) is 12.5 Å². The van der Waals surface area contributed by atoms with Crippen molar-refractivity contribution in [2.45, 2.75) is 32.2 Å². The van der Waals surface area contributed by atoms with E-state index in [4.69, 9.17) is 0 Å². The normalized spacial score (nSPS) is 26.3. The van der Waals surface area contributed by atoms with Gasteiger partial charge in [0.05, 0.1) is 0 Å². The fraction of sp³-hybridized carbons (Fsp3) is 0.700. The molecule has 1 saturated heterocycles. The zero-order valence-corrected chi connectivity index (χ0v) is 7.92. The van der Waals surface area contributed by atoms with E-state index in [9.17, 15) is 4.79 Å². The smallest absolute Gasteiger partial charge is 0.152 e. The van der Waals surface area contributed by atoms with Crippen molar-refractivity contribution in [3.8, 4) is 0 Å². The molecule has 0 radical (unpaired) electrons. The van der Waals surface area contributed by atoms with Crippen molar-refractivity contribution >= 4 is 5.78 Å². The van der Waals surface area contributed by atoms with Crippen LogP contribution in [-0.2, 0) is 4.79 Å². The number of carbonyl (C=O) groups is 1. The zero-order valence-electron chi connectivity index (χ0n) is 7.92. The van der Waals surface area contributed by atoms with Crippen molar-refractivity contribution in [2.24, 2.45) is 0 Å². The Balaban J connectivity index is 2.43. The van der Waals surface area contributed by atoms with Crippen LogP contribution in [0.15, 0.2) is 12.2 Å². The average Bonchev–Trinajstić information content (AvgIpc) is 2.03. The van der Waals surface area contributed by atoms with Crippen molar-refractivity contribution in [1.29, 1.82) is 0 Å². The number of hydrogen-bond donors (Lipinski definition) is 0. The van der Waals surface area contributed by atoms with Crippen LogP contribution in [0, 0.1) is 0 Å². The van der Waals surface area contributed by atoms with Gasteiger partial charge in [-0.3, -0.25) is 9.69 Å². The van der Waals surface area contributed by atoms with E-state index >= 15 is 0 Å². The predicted molar refractivity (Wildman–Crippen MR) is 50.1 cm³/mol. The van der Waals surface area contributed by atoms with Gasteiger partial charge in [0.1, 0.15) is 0 Å². The van der Waals surface area contributed by atoms with Crippen molar-refractivity contribution in [2.75, 3.05) is 13.6 Å². The van der Waals surface area contributed by atoms with Crippen molar-refractivity contribution < 1.29 is 4.79 Å². The van der Waals surface area contributed by atoms with E-state index in [1.807, 2.05) is 6.08 Å². The second kappa shape index (κ2) is 4.41. The molecule has 0 amide bonds. The summed E-state index contributed by atoms with van der Waals surface area (Å²) < 4.78 is 0. The molecule has 2 nitrogen and oxygen atoms in total. The molecule has 0 spiro atoms. The third-order valence-corrected chi connectivity index (χ3v) is 2.38. The molecule has 1 heterocycles. The maximum Gasteiger partial charge on any atom is 0.152 e. The number of nitrogens with zero attached hydrogens (tertiary/aromatic N) is 1. The maximum atomic E-state index is 10.7. The topological polar surface area (TPSA) is 20.3 Å². The molecular formula is C10H17NO. The van der Waals surface area contributed by atoms with E-state index in [-0.39, 0.29) is 5.78 Å². The molecule has 0 aromatic rings. The lowest BCUT2D eigenvalue weighted by Crippen LogP contribution is -2.34. The lowest BCUT2D eigenvalue weighted by Gasteiger charge is -2.29. The molecule has 0 aromatic carbocycles. The van der Waals surface area contributed by atoms with Crippen LogP contribution in [0.25, 0.3) is 0 Å². The molecule has 12 heavy (non-hydrogen) atoms. The molecule has 68 valence electrons. The second-order valence-electron chi connectivity index (χ2n) is 3.51. The van der Waals surface area contributed by atoms with E-state index in [2.05, 4.69) is 11.9 Å². The lowest BCUT2D eigenvalue weighted by atomic mass is 10.0. The minimum Gasteiger partial charge on any atom is -0.300 e. The minimum absolute atomic E-state index is 0.147. The number of allylic oxidation sites excluding steroid dienone is 1. The molecule has 2 heteroatoms. The summed E-state index contributed by atoms with van der Waals surface area (Å²) in [6, 6.07) is 0.489. The molecule has 0 saturated carbocycles. The molecule has 0 unspecified atom stereocenters. The standard InChI is InChI=1S/C10H17NO/c1-9(12)6-7-10-5-3-4-8-11(10)2/h6-7,10H,3-5,8H2,1-2H3/b7-6+/t10-/m1/s1. The van der Waals surface area contributed by atoms with Gasteiger partial charge in [-0.25, -0.2) is 0 Å². The Morgan fingerprint density at radius 3 is 2.83 bits per heavy atom. The van der Waals surface area contributed by atoms with Crippen LogP contribution >= 0.6 is 0 Å². The Hall–Kier alpha value is -0.630. The van der Waals surface area contributed by atoms with E-state index in [1.54, 1.807) is 13.0 Å². The minimum atomic E-state index is 0.147. The van der Waals surface area contributed by atoms with E-state index in [0.717, 1.165) is 6.54 Å². The van der Waals surface area contributed by atoms with Crippen LogP contribution in [0.1, 0.15) is 26.2 Å². The predicted octanol–water partition coefficient (Wildman–Crippen LogP) is 1.62. The fourth-order valence-corrected chi connectivity index (χ4v) is 1.59. The Kier molecular flexibility index (Phi) is 3.48. The summed E-state index contributed by atoms with van der Waals surface area (Å²) in [5, 5.41) is 0. The average molecular weight is 167 g/mol. The van der Waals surface area contributed by atoms with Crippen LogP contribution in [0.4, 0.5) is 0 Å². The van der Waals surface area contributed by atoms with Gasteiger partial charge in [0, 0.05) is 6.04 Å². The largest absolute Gasteiger partial charge is 0.300 e. The SMILES string of the molecule is CC(=O)/C=C/[C@H]1CCCCN1C. The number of likely N-dealkylation sites (N-methyl/N-ethyl adjacent to an activating group) is 1. The summed E-state index contributed by atoms with van der Waals surface area (Å²) >= 11 is 0. The first-order valence-electron chi connectivity index (χ1n) is 4.59. The molecule has 1 aliphatic rings. The molecule has 1 rings (SSSR count). The van der Waals surface area contributed by atoms with Crippen molar-refractivity contribution in [3.63, 3.8) is 0 Å². The van der Waals surface area contributed by atoms with Gasteiger partial charge in [0.15, 0.2) is 5.78 Å². The number of ketones is 1. The highest BCUT2D eigenvalue weighted by Crippen LogP contribution is 2.15. The van der Waals surface area contributed by atoms with Crippen LogP contribution < -0.4 is 0 Å². The van der Waals surface area contributed by atoms with Gasteiger partial charge in [-0.15, -0.1) is 0 Å². The fourth-order valence-electron chi connectivity index (χ4n) is 1.59. The first kappa shape index (κ1) is 9.46. The first-order chi connectivity index (χ1) is 5.70. The molecule has 0 bridgehead atoms. The van der Waals surface area contributed by atoms with Crippen molar-refractivity contribution in [1.82, 2.24) is 4.90 Å². The zero-order chi connectivity index (χ0) is 8.97.